The Labute approximate surface area is 348 Å². The first-order chi connectivity index (χ1) is 28.9. The van der Waals surface area contributed by atoms with Gasteiger partial charge in [-0.2, -0.15) is 0 Å². The average molecular weight is 811 g/mol. The lowest BCUT2D eigenvalue weighted by atomic mass is 10.0. The number of imidazole rings is 2. The summed E-state index contributed by atoms with van der Waals surface area (Å²) in [6.07, 6.45) is 4.19. The molecule has 9 rings (SSSR count). The van der Waals surface area contributed by atoms with E-state index in [4.69, 9.17) is 19.4 Å². The quantitative estimate of drug-likeness (QED) is 0.121. The lowest BCUT2D eigenvalue weighted by molar-refractivity contribution is -0.137. The van der Waals surface area contributed by atoms with E-state index in [9.17, 15) is 19.2 Å². The van der Waals surface area contributed by atoms with Gasteiger partial charge in [0.1, 0.15) is 23.7 Å². The van der Waals surface area contributed by atoms with Crippen molar-refractivity contribution in [3.63, 3.8) is 0 Å². The van der Waals surface area contributed by atoms with E-state index in [1.807, 2.05) is 80.1 Å². The molecule has 4 N–H and O–H groups in total. The molecule has 0 spiro atoms. The summed E-state index contributed by atoms with van der Waals surface area (Å²) in [5.74, 6) is 8.58. The van der Waals surface area contributed by atoms with Gasteiger partial charge in [0, 0.05) is 28.6 Å². The summed E-state index contributed by atoms with van der Waals surface area (Å²) < 4.78 is 9.61. The van der Waals surface area contributed by atoms with Gasteiger partial charge in [-0.15, -0.1) is 0 Å². The topological polar surface area (TPSA) is 175 Å². The molecule has 4 amide bonds. The van der Waals surface area contributed by atoms with Crippen LogP contribution in [0.3, 0.4) is 0 Å². The molecule has 2 aliphatic carbocycles. The number of nitrogens with one attached hydrogen (secondary N) is 4. The zero-order valence-corrected chi connectivity index (χ0v) is 34.6. The third-order valence-corrected chi connectivity index (χ3v) is 12.8. The number of methoxy groups -OCH3 is 2. The summed E-state index contributed by atoms with van der Waals surface area (Å²) >= 11 is 0. The van der Waals surface area contributed by atoms with Gasteiger partial charge >= 0.3 is 12.2 Å². The number of ether oxygens (including phenoxy) is 2. The number of carbonyl (C=O) groups excluding carboxylic acids is 4. The molecule has 4 aliphatic rings. The zero-order chi connectivity index (χ0) is 42.0. The Morgan fingerprint density at radius 2 is 1.28 bits per heavy atom. The SMILES string of the molecule is COC(=O)N[C@H](C(=O)N1[C@@H]2CC2C[C@H]1c1ncc(-c2ccc(C#Cc3ccc4c(ccc5[nH]c([C@@H]6CC7C[C@H]7N6C(=O)[C@@H](NC(=O)OC)C(C)C)nc54)c3)cc2)[nH]1)C(C)C. The van der Waals surface area contributed by atoms with Crippen LogP contribution < -0.4 is 10.6 Å². The van der Waals surface area contributed by atoms with Gasteiger partial charge in [0.2, 0.25) is 11.8 Å². The first kappa shape index (κ1) is 39.1. The molecule has 2 saturated carbocycles. The minimum absolute atomic E-state index is 0.101. The number of hydrogen-bond donors (Lipinski definition) is 4. The Kier molecular flexibility index (Phi) is 10.0. The number of likely N-dealkylation sites (tertiary alicyclic amines) is 2. The molecular formula is C46H50N8O6. The predicted octanol–water partition coefficient (Wildman–Crippen LogP) is 6.59. The van der Waals surface area contributed by atoms with Crippen LogP contribution in [-0.2, 0) is 19.1 Å². The molecule has 310 valence electrons. The number of aromatic nitrogens is 4. The van der Waals surface area contributed by atoms with Crippen LogP contribution >= 0.6 is 0 Å². The van der Waals surface area contributed by atoms with Gasteiger partial charge < -0.3 is 39.9 Å². The summed E-state index contributed by atoms with van der Waals surface area (Å²) in [4.78, 5) is 72.4. The van der Waals surface area contributed by atoms with Crippen molar-refractivity contribution in [2.75, 3.05) is 14.2 Å². The van der Waals surface area contributed by atoms with Crippen molar-refractivity contribution in [3.8, 4) is 23.1 Å². The second-order valence-electron chi connectivity index (χ2n) is 17.4. The monoisotopic (exact) mass is 810 g/mol. The van der Waals surface area contributed by atoms with E-state index in [1.54, 1.807) is 0 Å². The minimum atomic E-state index is -0.687. The predicted molar refractivity (Wildman–Crippen MR) is 224 cm³/mol. The number of benzene rings is 3. The minimum Gasteiger partial charge on any atom is -0.453 e. The van der Waals surface area contributed by atoms with Crippen LogP contribution in [0.5, 0.6) is 0 Å². The fraction of sp³-hybridized carbons (Fsp3) is 0.435. The number of carbonyl (C=O) groups is 4. The molecule has 2 saturated heterocycles. The van der Waals surface area contributed by atoms with E-state index in [2.05, 4.69) is 50.6 Å². The molecule has 60 heavy (non-hydrogen) atoms. The molecule has 3 aromatic carbocycles. The van der Waals surface area contributed by atoms with Crippen molar-refractivity contribution < 1.29 is 28.7 Å². The van der Waals surface area contributed by atoms with Gasteiger partial charge in [0.05, 0.1) is 49.2 Å². The largest absolute Gasteiger partial charge is 0.453 e. The lowest BCUT2D eigenvalue weighted by Crippen LogP contribution is -2.52. The van der Waals surface area contributed by atoms with Gasteiger partial charge in [-0.25, -0.2) is 19.6 Å². The Morgan fingerprint density at radius 1 is 0.717 bits per heavy atom. The molecule has 8 atom stereocenters. The normalized spacial score (nSPS) is 23.5. The van der Waals surface area contributed by atoms with Crippen LogP contribution in [0, 0.1) is 35.5 Å². The molecule has 0 bridgehead atoms. The Morgan fingerprint density at radius 3 is 1.87 bits per heavy atom. The maximum atomic E-state index is 13.9. The van der Waals surface area contributed by atoms with Crippen molar-refractivity contribution in [2.24, 2.45) is 23.7 Å². The molecule has 14 heteroatoms. The van der Waals surface area contributed by atoms with Crippen LogP contribution in [0.1, 0.15) is 88.2 Å². The average Bonchev–Trinajstić information content (AvgIpc) is 3.86. The number of fused-ring (bicyclic) bond motifs is 5. The molecular weight excluding hydrogens is 761 g/mol. The number of H-pyrrole nitrogens is 2. The van der Waals surface area contributed by atoms with E-state index < -0.39 is 24.3 Å². The number of nitrogens with zero attached hydrogens (tertiary/aromatic N) is 4. The van der Waals surface area contributed by atoms with Crippen molar-refractivity contribution >= 4 is 45.8 Å². The number of amides is 4. The third kappa shape index (κ3) is 7.20. The number of alkyl carbamates (subject to hydrolysis) is 2. The Hall–Kier alpha value is -6.36. The summed E-state index contributed by atoms with van der Waals surface area (Å²) in [5.41, 5.74) is 5.31. The first-order valence-electron chi connectivity index (χ1n) is 20.8. The van der Waals surface area contributed by atoms with E-state index in [-0.39, 0.29) is 47.8 Å². The number of aromatic amines is 2. The highest BCUT2D eigenvalue weighted by Gasteiger charge is 2.57. The molecule has 2 unspecified atom stereocenters. The van der Waals surface area contributed by atoms with E-state index in [0.29, 0.717) is 11.8 Å². The Bertz CT molecular complexity index is 2570. The molecule has 4 heterocycles. The van der Waals surface area contributed by atoms with Crippen molar-refractivity contribution in [1.29, 1.82) is 0 Å². The highest BCUT2D eigenvalue weighted by Crippen LogP contribution is 2.54. The number of rotatable bonds is 9. The Balaban J connectivity index is 0.890. The molecule has 14 nitrogen and oxygen atoms in total. The second kappa shape index (κ2) is 15.3. The van der Waals surface area contributed by atoms with Crippen molar-refractivity contribution in [3.05, 3.63) is 83.6 Å². The summed E-state index contributed by atoms with van der Waals surface area (Å²) in [7, 11) is 2.60. The lowest BCUT2D eigenvalue weighted by Gasteiger charge is -2.31. The maximum absolute atomic E-state index is 13.9. The third-order valence-electron chi connectivity index (χ3n) is 12.8. The molecule has 2 aliphatic heterocycles. The van der Waals surface area contributed by atoms with Crippen LogP contribution in [-0.4, -0.2) is 92.1 Å². The highest BCUT2D eigenvalue weighted by atomic mass is 16.5. The van der Waals surface area contributed by atoms with E-state index in [1.165, 1.54) is 14.2 Å². The van der Waals surface area contributed by atoms with Crippen LogP contribution in [0.25, 0.3) is 33.1 Å². The van der Waals surface area contributed by atoms with Gasteiger partial charge in [0.25, 0.3) is 0 Å². The fourth-order valence-electron chi connectivity index (χ4n) is 9.34. The van der Waals surface area contributed by atoms with Gasteiger partial charge in [-0.05, 0) is 90.6 Å². The molecule has 0 radical (unpaired) electrons. The number of piperidine rings is 2. The van der Waals surface area contributed by atoms with Gasteiger partial charge in [-0.3, -0.25) is 9.59 Å². The van der Waals surface area contributed by atoms with E-state index in [0.717, 1.165) is 81.5 Å². The smallest absolute Gasteiger partial charge is 0.407 e. The maximum Gasteiger partial charge on any atom is 0.407 e. The second-order valence-corrected chi connectivity index (χ2v) is 17.4. The van der Waals surface area contributed by atoms with Crippen LogP contribution in [0.15, 0.2) is 60.8 Å². The molecule has 5 aromatic rings. The summed E-state index contributed by atoms with van der Waals surface area (Å²) in [6.45, 7) is 7.68. The zero-order valence-electron chi connectivity index (χ0n) is 34.6. The van der Waals surface area contributed by atoms with E-state index >= 15 is 0 Å². The summed E-state index contributed by atoms with van der Waals surface area (Å²) in [6, 6.07) is 16.8. The first-order valence-corrected chi connectivity index (χ1v) is 20.8. The van der Waals surface area contributed by atoms with Crippen molar-refractivity contribution in [2.45, 2.75) is 89.6 Å². The van der Waals surface area contributed by atoms with Crippen molar-refractivity contribution in [1.82, 2.24) is 40.4 Å². The molecule has 4 fully saturated rings. The van der Waals surface area contributed by atoms with Crippen LogP contribution in [0.2, 0.25) is 0 Å². The standard InChI is InChI=1S/C46H50N8O6/c1-23(2)38(51-45(57)59-5)43(55)53-34-18-29(34)20-36(53)41-47-22-33(49-41)27-12-9-25(10-13-27)7-8-26-11-15-31-28(17-26)14-16-32-40(31)50-42(48-32)37-21-30-19-35(30)54(37)44(56)39(24(3)4)52-46(58)60-6/h9-17,22-24,29-30,34-39H,18-21H2,1-6H3,(H,47,49)(H,48,50)(H,51,57)(H,52,58)/t29?,30?,34-,35-,36+,37+,38+,39+/m1/s1. The highest BCUT2D eigenvalue weighted by molar-refractivity contribution is 6.04. The molecule has 2 aromatic heterocycles. The summed E-state index contributed by atoms with van der Waals surface area (Å²) in [5, 5.41) is 7.49. The number of hydrogen-bond acceptors (Lipinski definition) is 8. The fourth-order valence-corrected chi connectivity index (χ4v) is 9.34. The van der Waals surface area contributed by atoms with Gasteiger partial charge in [-0.1, -0.05) is 63.8 Å². The van der Waals surface area contributed by atoms with Gasteiger partial charge in [0.15, 0.2) is 0 Å². The van der Waals surface area contributed by atoms with Crippen LogP contribution in [0.4, 0.5) is 9.59 Å².